The molecular formula is C20H24Cl2N2O3S. The van der Waals surface area contributed by atoms with Gasteiger partial charge in [0.1, 0.15) is 0 Å². The third-order valence-corrected chi connectivity index (χ3v) is 6.97. The Morgan fingerprint density at radius 1 is 0.964 bits per heavy atom. The number of amides is 1. The van der Waals surface area contributed by atoms with Crippen LogP contribution in [0.15, 0.2) is 47.4 Å². The highest BCUT2D eigenvalue weighted by Crippen LogP contribution is 2.25. The van der Waals surface area contributed by atoms with Crippen LogP contribution in [0.25, 0.3) is 0 Å². The predicted octanol–water partition coefficient (Wildman–Crippen LogP) is 4.36. The lowest BCUT2D eigenvalue weighted by atomic mass is 10.2. The van der Waals surface area contributed by atoms with E-state index in [2.05, 4.69) is 0 Å². The van der Waals surface area contributed by atoms with Gasteiger partial charge in [0.2, 0.25) is 15.9 Å². The first-order valence-corrected chi connectivity index (χ1v) is 11.2. The summed E-state index contributed by atoms with van der Waals surface area (Å²) in [6, 6.07) is 11.5. The molecule has 2 aromatic rings. The van der Waals surface area contributed by atoms with Gasteiger partial charge in [0.15, 0.2) is 0 Å². The van der Waals surface area contributed by atoms with Crippen LogP contribution >= 0.6 is 23.2 Å². The maximum absolute atomic E-state index is 13.2. The average molecular weight is 443 g/mol. The van der Waals surface area contributed by atoms with E-state index in [0.717, 1.165) is 5.56 Å². The molecule has 152 valence electrons. The molecule has 2 rings (SSSR count). The van der Waals surface area contributed by atoms with E-state index in [1.54, 1.807) is 47.4 Å². The molecular weight excluding hydrogens is 419 g/mol. The van der Waals surface area contributed by atoms with Gasteiger partial charge in [-0.3, -0.25) is 4.79 Å². The van der Waals surface area contributed by atoms with Crippen LogP contribution in [0.1, 0.15) is 25.0 Å². The van der Waals surface area contributed by atoms with E-state index in [1.165, 1.54) is 4.31 Å². The number of rotatable bonds is 8. The number of hydrogen-bond acceptors (Lipinski definition) is 3. The van der Waals surface area contributed by atoms with Gasteiger partial charge in [0.25, 0.3) is 0 Å². The highest BCUT2D eigenvalue weighted by Gasteiger charge is 2.28. The number of halogens is 2. The van der Waals surface area contributed by atoms with E-state index < -0.39 is 10.0 Å². The summed E-state index contributed by atoms with van der Waals surface area (Å²) in [4.78, 5) is 14.4. The Labute approximate surface area is 176 Å². The minimum atomic E-state index is -3.87. The molecule has 0 bridgehead atoms. The second kappa shape index (κ2) is 9.74. The molecule has 5 nitrogen and oxygen atoms in total. The maximum atomic E-state index is 13.2. The van der Waals surface area contributed by atoms with Crippen LogP contribution in [-0.4, -0.2) is 43.2 Å². The number of hydrogen-bond donors (Lipinski definition) is 0. The summed E-state index contributed by atoms with van der Waals surface area (Å²) in [5.41, 5.74) is 1.60. The lowest BCUT2D eigenvalue weighted by Crippen LogP contribution is -2.42. The molecule has 0 aliphatic heterocycles. The van der Waals surface area contributed by atoms with Crippen molar-refractivity contribution in [3.8, 4) is 0 Å². The molecule has 8 heteroatoms. The van der Waals surface area contributed by atoms with Gasteiger partial charge < -0.3 is 4.90 Å². The summed E-state index contributed by atoms with van der Waals surface area (Å²) in [5.74, 6) is -0.249. The molecule has 0 unspecified atom stereocenters. The van der Waals surface area contributed by atoms with Gasteiger partial charge in [0, 0.05) is 19.6 Å². The predicted molar refractivity (Wildman–Crippen MR) is 113 cm³/mol. The number of benzene rings is 2. The Hall–Kier alpha value is -1.60. The highest BCUT2D eigenvalue weighted by molar-refractivity contribution is 7.89. The zero-order chi connectivity index (χ0) is 20.9. The quantitative estimate of drug-likeness (QED) is 0.609. The molecule has 0 aromatic heterocycles. The summed E-state index contributed by atoms with van der Waals surface area (Å²) >= 11 is 12.0. The van der Waals surface area contributed by atoms with Crippen LogP contribution in [0, 0.1) is 6.92 Å². The minimum Gasteiger partial charge on any atom is -0.342 e. The molecule has 1 amide bonds. The Morgan fingerprint density at radius 3 is 2.11 bits per heavy atom. The smallest absolute Gasteiger partial charge is 0.243 e. The summed E-state index contributed by atoms with van der Waals surface area (Å²) in [6.45, 7) is 6.39. The van der Waals surface area contributed by atoms with Gasteiger partial charge in [-0.2, -0.15) is 4.31 Å². The number of nitrogens with zero attached hydrogens (tertiary/aromatic N) is 2. The van der Waals surface area contributed by atoms with Crippen molar-refractivity contribution in [2.75, 3.05) is 19.6 Å². The van der Waals surface area contributed by atoms with Crippen molar-refractivity contribution in [3.63, 3.8) is 0 Å². The van der Waals surface area contributed by atoms with Gasteiger partial charge in [-0.25, -0.2) is 8.42 Å². The summed E-state index contributed by atoms with van der Waals surface area (Å²) in [5, 5.41) is 0.722. The fourth-order valence-electron chi connectivity index (χ4n) is 2.75. The van der Waals surface area contributed by atoms with Crippen LogP contribution in [0.4, 0.5) is 0 Å². The van der Waals surface area contributed by atoms with Gasteiger partial charge in [0.05, 0.1) is 21.5 Å². The van der Waals surface area contributed by atoms with Crippen LogP contribution in [0.2, 0.25) is 10.0 Å². The first-order chi connectivity index (χ1) is 13.2. The molecule has 0 saturated carbocycles. The van der Waals surface area contributed by atoms with Gasteiger partial charge in [-0.1, -0.05) is 47.0 Å². The second-order valence-corrected chi connectivity index (χ2v) is 9.15. The Morgan fingerprint density at radius 2 is 1.57 bits per heavy atom. The van der Waals surface area contributed by atoms with Crippen molar-refractivity contribution in [1.29, 1.82) is 0 Å². The molecule has 0 saturated heterocycles. The van der Waals surface area contributed by atoms with Gasteiger partial charge in [-0.15, -0.1) is 0 Å². The standard InChI is InChI=1S/C20H24Cl2N2O3S/c1-4-23(5-2)20(25)14-24(13-16-8-11-18(21)19(22)12-16)28(26,27)17-9-6-15(3)7-10-17/h6-12H,4-5,13-14H2,1-3H3. The molecule has 2 aromatic carbocycles. The molecule has 0 atom stereocenters. The lowest BCUT2D eigenvalue weighted by Gasteiger charge is -2.26. The van der Waals surface area contributed by atoms with Crippen molar-refractivity contribution < 1.29 is 13.2 Å². The molecule has 0 N–H and O–H groups in total. The summed E-state index contributed by atoms with van der Waals surface area (Å²) in [6.07, 6.45) is 0. The fraction of sp³-hybridized carbons (Fsp3) is 0.350. The van der Waals surface area contributed by atoms with Crippen LogP contribution in [-0.2, 0) is 21.4 Å². The third-order valence-electron chi connectivity index (χ3n) is 4.43. The van der Waals surface area contributed by atoms with Crippen LogP contribution in [0.3, 0.4) is 0 Å². The number of sulfonamides is 1. The minimum absolute atomic E-state index is 0.0140. The topological polar surface area (TPSA) is 57.7 Å². The maximum Gasteiger partial charge on any atom is 0.243 e. The zero-order valence-electron chi connectivity index (χ0n) is 16.2. The monoisotopic (exact) mass is 442 g/mol. The van der Waals surface area contributed by atoms with Gasteiger partial charge in [-0.05, 0) is 50.6 Å². The second-order valence-electron chi connectivity index (χ2n) is 6.40. The first-order valence-electron chi connectivity index (χ1n) is 8.97. The van der Waals surface area contributed by atoms with Crippen molar-refractivity contribution in [3.05, 3.63) is 63.6 Å². The molecule has 0 radical (unpaired) electrons. The Balaban J connectivity index is 2.40. The number of carbonyl (C=O) groups is 1. The van der Waals surface area contributed by atoms with Crippen molar-refractivity contribution in [2.24, 2.45) is 0 Å². The third kappa shape index (κ3) is 5.47. The van der Waals surface area contributed by atoms with Gasteiger partial charge >= 0.3 is 0 Å². The first kappa shape index (κ1) is 22.7. The zero-order valence-corrected chi connectivity index (χ0v) is 18.5. The van der Waals surface area contributed by atoms with E-state index in [0.29, 0.717) is 28.7 Å². The number of likely N-dealkylation sites (N-methyl/N-ethyl adjacent to an activating group) is 1. The Bertz CT molecular complexity index is 927. The van der Waals surface area contributed by atoms with E-state index >= 15 is 0 Å². The fourth-order valence-corrected chi connectivity index (χ4v) is 4.45. The highest BCUT2D eigenvalue weighted by atomic mass is 35.5. The van der Waals surface area contributed by atoms with Crippen molar-refractivity contribution in [1.82, 2.24) is 9.21 Å². The Kier molecular flexibility index (Phi) is 7.89. The lowest BCUT2D eigenvalue weighted by molar-refractivity contribution is -0.131. The van der Waals surface area contributed by atoms with Crippen molar-refractivity contribution in [2.45, 2.75) is 32.2 Å². The average Bonchev–Trinajstić information content (AvgIpc) is 2.65. The summed E-state index contributed by atoms with van der Waals surface area (Å²) < 4.78 is 27.6. The normalized spacial score (nSPS) is 11.6. The van der Waals surface area contributed by atoms with Crippen molar-refractivity contribution >= 4 is 39.1 Å². The van der Waals surface area contributed by atoms with E-state index in [9.17, 15) is 13.2 Å². The van der Waals surface area contributed by atoms with Crippen LogP contribution < -0.4 is 0 Å². The SMILES string of the molecule is CCN(CC)C(=O)CN(Cc1ccc(Cl)c(Cl)c1)S(=O)(=O)c1ccc(C)cc1. The molecule has 28 heavy (non-hydrogen) atoms. The van der Waals surface area contributed by atoms with E-state index in [4.69, 9.17) is 23.2 Å². The number of carbonyl (C=O) groups excluding carboxylic acids is 1. The molecule has 0 spiro atoms. The molecule has 0 aliphatic rings. The molecule has 0 aliphatic carbocycles. The number of aryl methyl sites for hydroxylation is 1. The van der Waals surface area contributed by atoms with E-state index in [-0.39, 0.29) is 23.9 Å². The molecule has 0 fully saturated rings. The summed E-state index contributed by atoms with van der Waals surface area (Å²) in [7, 11) is -3.87. The molecule has 0 heterocycles. The largest absolute Gasteiger partial charge is 0.342 e. The van der Waals surface area contributed by atoms with E-state index in [1.807, 2.05) is 20.8 Å². The van der Waals surface area contributed by atoms with Crippen LogP contribution in [0.5, 0.6) is 0 Å².